The van der Waals surface area contributed by atoms with Gasteiger partial charge in [0.1, 0.15) is 6.54 Å². The summed E-state index contributed by atoms with van der Waals surface area (Å²) in [5, 5.41) is 5.63. The van der Waals surface area contributed by atoms with Gasteiger partial charge in [-0.25, -0.2) is 13.4 Å². The topological polar surface area (TPSA) is 81.1 Å². The minimum absolute atomic E-state index is 0.0000217. The van der Waals surface area contributed by atoms with E-state index in [0.717, 1.165) is 11.1 Å². The summed E-state index contributed by atoms with van der Waals surface area (Å²) < 4.78 is 28.1. The second-order valence-corrected chi connectivity index (χ2v) is 9.56. The zero-order chi connectivity index (χ0) is 20.4. The number of fused-ring (bicyclic) bond motifs is 1. The largest absolute Gasteiger partial charge is 0.337 e. The number of para-hydroxylation sites is 1. The second kappa shape index (κ2) is 7.81. The fraction of sp³-hybridized carbons (Fsp3) is 0.143. The fourth-order valence-electron chi connectivity index (χ4n) is 3.24. The van der Waals surface area contributed by atoms with Gasteiger partial charge in [0.25, 0.3) is 0 Å². The van der Waals surface area contributed by atoms with E-state index < -0.39 is 9.84 Å². The lowest BCUT2D eigenvalue weighted by Gasteiger charge is -2.06. The Balaban J connectivity index is 1.68. The number of rotatable bonds is 6. The van der Waals surface area contributed by atoms with E-state index in [0.29, 0.717) is 16.0 Å². The predicted octanol–water partition coefficient (Wildman–Crippen LogP) is 4.02. The SMILES string of the molecule is Cc1ccccc1CS(=O)(=O)c1cn(CC(=O)Nc2nccs2)c2ccccc12. The van der Waals surface area contributed by atoms with Crippen LogP contribution in [0, 0.1) is 6.92 Å². The summed E-state index contributed by atoms with van der Waals surface area (Å²) in [6, 6.07) is 14.7. The number of aryl methyl sites for hydroxylation is 1. The fourth-order valence-corrected chi connectivity index (χ4v) is 5.47. The molecule has 2 aromatic heterocycles. The molecular weight excluding hydrogens is 406 g/mol. The van der Waals surface area contributed by atoms with Gasteiger partial charge >= 0.3 is 0 Å². The molecule has 0 spiro atoms. The van der Waals surface area contributed by atoms with Crippen LogP contribution in [0.2, 0.25) is 0 Å². The first kappa shape index (κ1) is 19.4. The zero-order valence-electron chi connectivity index (χ0n) is 15.7. The first-order valence-corrected chi connectivity index (χ1v) is 11.5. The number of thiazole rings is 1. The van der Waals surface area contributed by atoms with Gasteiger partial charge in [-0.2, -0.15) is 0 Å². The highest BCUT2D eigenvalue weighted by Crippen LogP contribution is 2.28. The number of sulfone groups is 1. The molecule has 0 fully saturated rings. The normalized spacial score (nSPS) is 11.6. The van der Waals surface area contributed by atoms with Crippen LogP contribution in [0.3, 0.4) is 0 Å². The molecule has 1 N–H and O–H groups in total. The summed E-state index contributed by atoms with van der Waals surface area (Å²) in [7, 11) is -3.59. The molecule has 0 aliphatic carbocycles. The molecule has 29 heavy (non-hydrogen) atoms. The van der Waals surface area contributed by atoms with Gasteiger partial charge in [0.2, 0.25) is 5.91 Å². The molecule has 0 aliphatic rings. The molecule has 4 aromatic rings. The van der Waals surface area contributed by atoms with Crippen molar-refractivity contribution in [2.45, 2.75) is 24.1 Å². The van der Waals surface area contributed by atoms with Crippen molar-refractivity contribution in [2.75, 3.05) is 5.32 Å². The van der Waals surface area contributed by atoms with Gasteiger partial charge in [-0.1, -0.05) is 42.5 Å². The van der Waals surface area contributed by atoms with Crippen molar-refractivity contribution < 1.29 is 13.2 Å². The van der Waals surface area contributed by atoms with E-state index in [9.17, 15) is 13.2 Å². The first-order valence-electron chi connectivity index (χ1n) is 8.98. The van der Waals surface area contributed by atoms with Gasteiger partial charge in [0.05, 0.1) is 10.6 Å². The van der Waals surface area contributed by atoms with E-state index >= 15 is 0 Å². The Labute approximate surface area is 172 Å². The maximum Gasteiger partial charge on any atom is 0.246 e. The van der Waals surface area contributed by atoms with Crippen LogP contribution in [0.5, 0.6) is 0 Å². The molecule has 0 unspecified atom stereocenters. The standard InChI is InChI=1S/C21H19N3O3S2/c1-15-6-2-3-7-16(15)14-29(26,27)19-12-24(18-9-5-4-8-17(18)19)13-20(25)23-21-22-10-11-28-21/h2-12H,13-14H2,1H3,(H,22,23,25). The molecule has 0 aliphatic heterocycles. The van der Waals surface area contributed by atoms with Crippen LogP contribution < -0.4 is 5.32 Å². The Bertz CT molecular complexity index is 1280. The Hall–Kier alpha value is -2.97. The highest BCUT2D eigenvalue weighted by atomic mass is 32.2. The number of hydrogen-bond donors (Lipinski definition) is 1. The average Bonchev–Trinajstić information content (AvgIpc) is 3.32. The highest BCUT2D eigenvalue weighted by Gasteiger charge is 2.23. The molecule has 0 atom stereocenters. The van der Waals surface area contributed by atoms with Crippen LogP contribution in [0.15, 0.2) is 71.2 Å². The van der Waals surface area contributed by atoms with Gasteiger partial charge in [-0.05, 0) is 24.1 Å². The number of nitrogens with zero attached hydrogens (tertiary/aromatic N) is 2. The summed E-state index contributed by atoms with van der Waals surface area (Å²) in [6.07, 6.45) is 3.17. The molecule has 148 valence electrons. The lowest BCUT2D eigenvalue weighted by molar-refractivity contribution is -0.116. The van der Waals surface area contributed by atoms with Crippen LogP contribution in [-0.4, -0.2) is 23.9 Å². The third-order valence-electron chi connectivity index (χ3n) is 4.69. The van der Waals surface area contributed by atoms with Crippen molar-refractivity contribution in [1.82, 2.24) is 9.55 Å². The minimum atomic E-state index is -3.59. The maximum atomic E-state index is 13.2. The molecule has 1 amide bonds. The average molecular weight is 426 g/mol. The van der Waals surface area contributed by atoms with Gasteiger partial charge in [0, 0.05) is 28.7 Å². The van der Waals surface area contributed by atoms with Crippen LogP contribution in [0.1, 0.15) is 11.1 Å². The summed E-state index contributed by atoms with van der Waals surface area (Å²) >= 11 is 1.33. The molecular formula is C21H19N3O3S2. The molecule has 6 nitrogen and oxygen atoms in total. The summed E-state index contributed by atoms with van der Waals surface area (Å²) in [5.41, 5.74) is 2.40. The molecule has 0 saturated heterocycles. The molecule has 0 bridgehead atoms. The zero-order valence-corrected chi connectivity index (χ0v) is 17.3. The Morgan fingerprint density at radius 1 is 1.14 bits per heavy atom. The monoisotopic (exact) mass is 425 g/mol. The van der Waals surface area contributed by atoms with Crippen molar-refractivity contribution in [3.63, 3.8) is 0 Å². The lowest BCUT2D eigenvalue weighted by Crippen LogP contribution is -2.18. The molecule has 0 radical (unpaired) electrons. The molecule has 0 saturated carbocycles. The highest BCUT2D eigenvalue weighted by molar-refractivity contribution is 7.90. The smallest absolute Gasteiger partial charge is 0.246 e. The van der Waals surface area contributed by atoms with E-state index in [-0.39, 0.29) is 23.1 Å². The van der Waals surface area contributed by atoms with Crippen molar-refractivity contribution in [3.05, 3.63) is 77.4 Å². The Kier molecular flexibility index (Phi) is 5.21. The van der Waals surface area contributed by atoms with Gasteiger partial charge in [0.15, 0.2) is 15.0 Å². The number of carbonyl (C=O) groups excluding carboxylic acids is 1. The number of nitrogens with one attached hydrogen (secondary N) is 1. The molecule has 2 aromatic carbocycles. The van der Waals surface area contributed by atoms with Crippen molar-refractivity contribution in [2.24, 2.45) is 0 Å². The number of carbonyl (C=O) groups is 1. The van der Waals surface area contributed by atoms with E-state index in [1.165, 1.54) is 11.3 Å². The minimum Gasteiger partial charge on any atom is -0.337 e. The van der Waals surface area contributed by atoms with Crippen LogP contribution in [0.25, 0.3) is 10.9 Å². The third kappa shape index (κ3) is 4.08. The third-order valence-corrected chi connectivity index (χ3v) is 7.06. The molecule has 8 heteroatoms. The van der Waals surface area contributed by atoms with Crippen LogP contribution in [-0.2, 0) is 26.9 Å². The number of anilines is 1. The quantitative estimate of drug-likeness (QED) is 0.506. The van der Waals surface area contributed by atoms with Gasteiger partial charge in [-0.3, -0.25) is 4.79 Å². The molecule has 4 rings (SSSR count). The van der Waals surface area contributed by atoms with E-state index in [2.05, 4.69) is 10.3 Å². The van der Waals surface area contributed by atoms with Crippen molar-refractivity contribution in [3.8, 4) is 0 Å². The van der Waals surface area contributed by atoms with E-state index in [1.807, 2.05) is 43.3 Å². The second-order valence-electron chi connectivity index (χ2n) is 6.71. The molecule has 2 heterocycles. The number of aromatic nitrogens is 2. The first-order chi connectivity index (χ1) is 13.9. The number of amides is 1. The van der Waals surface area contributed by atoms with Crippen molar-refractivity contribution in [1.29, 1.82) is 0 Å². The predicted molar refractivity (Wildman–Crippen MR) is 115 cm³/mol. The summed E-state index contributed by atoms with van der Waals surface area (Å²) in [6.45, 7) is 1.90. The van der Waals surface area contributed by atoms with Crippen LogP contribution >= 0.6 is 11.3 Å². The number of hydrogen-bond acceptors (Lipinski definition) is 5. The number of benzene rings is 2. The van der Waals surface area contributed by atoms with E-state index in [1.54, 1.807) is 34.5 Å². The lowest BCUT2D eigenvalue weighted by atomic mass is 10.1. The van der Waals surface area contributed by atoms with E-state index in [4.69, 9.17) is 0 Å². The van der Waals surface area contributed by atoms with Gasteiger partial charge in [-0.15, -0.1) is 11.3 Å². The van der Waals surface area contributed by atoms with Crippen molar-refractivity contribution >= 4 is 43.1 Å². The maximum absolute atomic E-state index is 13.2. The van der Waals surface area contributed by atoms with Crippen LogP contribution in [0.4, 0.5) is 5.13 Å². The van der Waals surface area contributed by atoms with Gasteiger partial charge < -0.3 is 9.88 Å². The Morgan fingerprint density at radius 2 is 1.90 bits per heavy atom. The summed E-state index contributed by atoms with van der Waals surface area (Å²) in [5.74, 6) is -0.345. The Morgan fingerprint density at radius 3 is 2.66 bits per heavy atom. The summed E-state index contributed by atoms with van der Waals surface area (Å²) in [4.78, 5) is 16.7.